The molecule has 2 unspecified atom stereocenters. The first-order chi connectivity index (χ1) is 11.4. The summed E-state index contributed by atoms with van der Waals surface area (Å²) in [6, 6.07) is 5.43. The highest BCUT2D eigenvalue weighted by Crippen LogP contribution is 2.30. The van der Waals surface area contributed by atoms with Crippen LogP contribution >= 0.6 is 12.4 Å². The van der Waals surface area contributed by atoms with Crippen molar-refractivity contribution in [3.05, 3.63) is 29.3 Å². The number of fused-ring (bicyclic) bond motifs is 1. The third-order valence-corrected chi connectivity index (χ3v) is 6.28. The lowest BCUT2D eigenvalue weighted by Crippen LogP contribution is -2.40. The van der Waals surface area contributed by atoms with Crippen molar-refractivity contribution in [3.63, 3.8) is 0 Å². The van der Waals surface area contributed by atoms with E-state index in [2.05, 4.69) is 5.32 Å². The molecule has 140 valence electrons. The first-order valence-electron chi connectivity index (χ1n) is 8.51. The molecule has 0 aromatic heterocycles. The number of amides is 1. The normalized spacial score (nSPS) is 22.9. The smallest absolute Gasteiger partial charge is 0.251 e. The largest absolute Gasteiger partial charge is 0.349 e. The predicted molar refractivity (Wildman–Crippen MR) is 102 cm³/mol. The topological polar surface area (TPSA) is 92.5 Å². The number of carbonyl (C=O) groups is 1. The van der Waals surface area contributed by atoms with Gasteiger partial charge in [-0.2, -0.15) is 0 Å². The van der Waals surface area contributed by atoms with E-state index in [-0.39, 0.29) is 24.4 Å². The molecule has 0 bridgehead atoms. The van der Waals surface area contributed by atoms with Gasteiger partial charge in [0, 0.05) is 18.2 Å². The number of anilines is 1. The van der Waals surface area contributed by atoms with Crippen LogP contribution in [0.5, 0.6) is 0 Å². The molecule has 0 radical (unpaired) electrons. The van der Waals surface area contributed by atoms with E-state index in [1.807, 2.05) is 6.07 Å². The molecule has 2 aliphatic rings. The van der Waals surface area contributed by atoms with E-state index in [0.717, 1.165) is 37.7 Å². The van der Waals surface area contributed by atoms with Gasteiger partial charge < -0.3 is 11.1 Å². The molecule has 2 atom stereocenters. The molecule has 1 amide bonds. The lowest BCUT2D eigenvalue weighted by Gasteiger charge is -2.29. The summed E-state index contributed by atoms with van der Waals surface area (Å²) in [7, 11) is -3.28. The standard InChI is InChI=1S/C17H25N3O3S.ClH/c1-24(22,23)20-9-3-5-12-10-13(7-8-16(12)20)17(21)19-15-6-2-4-14(15)11-18;/h7-8,10,14-15H,2-6,9,11,18H2,1H3,(H,19,21);1H. The average Bonchev–Trinajstić information content (AvgIpc) is 3.00. The van der Waals surface area contributed by atoms with Gasteiger partial charge in [-0.3, -0.25) is 9.10 Å². The molecule has 0 saturated heterocycles. The zero-order valence-electron chi connectivity index (χ0n) is 14.4. The maximum Gasteiger partial charge on any atom is 0.251 e. The Morgan fingerprint density at radius 1 is 1.32 bits per heavy atom. The van der Waals surface area contributed by atoms with Crippen molar-refractivity contribution in [2.24, 2.45) is 11.7 Å². The summed E-state index contributed by atoms with van der Waals surface area (Å²) in [4.78, 5) is 12.5. The van der Waals surface area contributed by atoms with Crippen LogP contribution in [0.15, 0.2) is 18.2 Å². The van der Waals surface area contributed by atoms with Crippen LogP contribution in [0.3, 0.4) is 0 Å². The molecule has 3 N–H and O–H groups in total. The van der Waals surface area contributed by atoms with E-state index in [1.54, 1.807) is 12.1 Å². The summed E-state index contributed by atoms with van der Waals surface area (Å²) in [5.41, 5.74) is 7.97. The van der Waals surface area contributed by atoms with Gasteiger partial charge in [0.2, 0.25) is 10.0 Å². The second-order valence-corrected chi connectivity index (χ2v) is 8.70. The summed E-state index contributed by atoms with van der Waals surface area (Å²) in [6.07, 6.45) is 5.91. The molecule has 1 aliphatic heterocycles. The quantitative estimate of drug-likeness (QED) is 0.822. The Kier molecular flexibility index (Phi) is 6.35. The number of benzene rings is 1. The van der Waals surface area contributed by atoms with E-state index >= 15 is 0 Å². The van der Waals surface area contributed by atoms with Crippen molar-refractivity contribution in [1.82, 2.24) is 5.32 Å². The minimum Gasteiger partial charge on any atom is -0.349 e. The molecule has 1 aromatic rings. The lowest BCUT2D eigenvalue weighted by atomic mass is 9.99. The lowest BCUT2D eigenvalue weighted by molar-refractivity contribution is 0.0928. The Morgan fingerprint density at radius 3 is 2.76 bits per heavy atom. The van der Waals surface area contributed by atoms with Gasteiger partial charge in [0.1, 0.15) is 0 Å². The Hall–Kier alpha value is -1.31. The number of carbonyl (C=O) groups excluding carboxylic acids is 1. The van der Waals surface area contributed by atoms with E-state index < -0.39 is 10.0 Å². The van der Waals surface area contributed by atoms with Gasteiger partial charge in [0.25, 0.3) is 5.91 Å². The maximum atomic E-state index is 12.5. The van der Waals surface area contributed by atoms with Gasteiger partial charge in [0.15, 0.2) is 0 Å². The van der Waals surface area contributed by atoms with E-state index in [1.165, 1.54) is 10.6 Å². The van der Waals surface area contributed by atoms with Crippen molar-refractivity contribution in [3.8, 4) is 0 Å². The predicted octanol–water partition coefficient (Wildman–Crippen LogP) is 1.68. The zero-order chi connectivity index (χ0) is 17.3. The molecule has 6 nitrogen and oxygen atoms in total. The molecular formula is C17H26ClN3O3S. The van der Waals surface area contributed by atoms with Gasteiger partial charge in [0.05, 0.1) is 11.9 Å². The number of sulfonamides is 1. The number of halogens is 1. The number of hydrogen-bond donors (Lipinski definition) is 2. The molecule has 1 aromatic carbocycles. The first kappa shape index (κ1) is 20.0. The summed E-state index contributed by atoms with van der Waals surface area (Å²) < 4.78 is 25.2. The van der Waals surface area contributed by atoms with Crippen LogP contribution < -0.4 is 15.4 Å². The number of nitrogens with zero attached hydrogens (tertiary/aromatic N) is 1. The van der Waals surface area contributed by atoms with Gasteiger partial charge >= 0.3 is 0 Å². The Balaban J connectivity index is 0.00000225. The van der Waals surface area contributed by atoms with Crippen LogP contribution in [0, 0.1) is 5.92 Å². The molecule has 1 aliphatic carbocycles. The molecular weight excluding hydrogens is 362 g/mol. The summed E-state index contributed by atoms with van der Waals surface area (Å²) in [5, 5.41) is 3.09. The Morgan fingerprint density at radius 2 is 2.08 bits per heavy atom. The second-order valence-electron chi connectivity index (χ2n) is 6.79. The van der Waals surface area contributed by atoms with Crippen LogP contribution in [0.4, 0.5) is 5.69 Å². The van der Waals surface area contributed by atoms with Crippen LogP contribution in [-0.2, 0) is 16.4 Å². The van der Waals surface area contributed by atoms with Crippen molar-refractivity contribution in [2.75, 3.05) is 23.7 Å². The molecule has 0 spiro atoms. The third kappa shape index (κ3) is 4.27. The van der Waals surface area contributed by atoms with Crippen LogP contribution in [0.2, 0.25) is 0 Å². The van der Waals surface area contributed by atoms with E-state index in [9.17, 15) is 13.2 Å². The number of nitrogens with two attached hydrogens (primary N) is 1. The fourth-order valence-corrected chi connectivity index (χ4v) is 4.81. The minimum atomic E-state index is -3.28. The molecule has 1 saturated carbocycles. The van der Waals surface area contributed by atoms with Gasteiger partial charge in [-0.05, 0) is 61.9 Å². The van der Waals surface area contributed by atoms with Crippen molar-refractivity contribution in [1.29, 1.82) is 0 Å². The Bertz CT molecular complexity index is 739. The monoisotopic (exact) mass is 387 g/mol. The van der Waals surface area contributed by atoms with Crippen molar-refractivity contribution >= 4 is 34.0 Å². The highest BCUT2D eigenvalue weighted by molar-refractivity contribution is 7.92. The zero-order valence-corrected chi connectivity index (χ0v) is 16.0. The van der Waals surface area contributed by atoms with Crippen molar-refractivity contribution < 1.29 is 13.2 Å². The summed E-state index contributed by atoms with van der Waals surface area (Å²) in [6.45, 7) is 1.09. The summed E-state index contributed by atoms with van der Waals surface area (Å²) >= 11 is 0. The van der Waals surface area contributed by atoms with Gasteiger partial charge in [-0.15, -0.1) is 12.4 Å². The third-order valence-electron chi connectivity index (χ3n) is 5.10. The second kappa shape index (κ2) is 7.93. The molecule has 25 heavy (non-hydrogen) atoms. The minimum absolute atomic E-state index is 0. The highest BCUT2D eigenvalue weighted by atomic mass is 35.5. The number of nitrogens with one attached hydrogen (secondary N) is 1. The Labute approximate surface area is 155 Å². The van der Waals surface area contributed by atoms with Crippen LogP contribution in [0.25, 0.3) is 0 Å². The highest BCUT2D eigenvalue weighted by Gasteiger charge is 2.28. The van der Waals surface area contributed by atoms with Gasteiger partial charge in [-0.1, -0.05) is 6.42 Å². The fourth-order valence-electron chi connectivity index (χ4n) is 3.81. The van der Waals surface area contributed by atoms with Crippen LogP contribution in [-0.4, -0.2) is 39.7 Å². The first-order valence-corrected chi connectivity index (χ1v) is 10.4. The van der Waals surface area contributed by atoms with E-state index in [4.69, 9.17) is 5.73 Å². The summed E-state index contributed by atoms with van der Waals surface area (Å²) in [5.74, 6) is 0.256. The SMILES string of the molecule is CS(=O)(=O)N1CCCc2cc(C(=O)NC3CCCC3CN)ccc21.Cl. The fraction of sp³-hybridized carbons (Fsp3) is 0.588. The van der Waals surface area contributed by atoms with E-state index in [0.29, 0.717) is 30.3 Å². The molecule has 1 fully saturated rings. The number of aryl methyl sites for hydroxylation is 1. The van der Waals surface area contributed by atoms with Crippen LogP contribution in [0.1, 0.15) is 41.6 Å². The average molecular weight is 388 g/mol. The number of hydrogen-bond acceptors (Lipinski definition) is 4. The van der Waals surface area contributed by atoms with Crippen molar-refractivity contribution in [2.45, 2.75) is 38.1 Å². The molecule has 3 rings (SSSR count). The number of rotatable bonds is 4. The van der Waals surface area contributed by atoms with Gasteiger partial charge in [-0.25, -0.2) is 8.42 Å². The maximum absolute atomic E-state index is 12.5. The molecule has 8 heteroatoms. The molecule has 1 heterocycles.